The summed E-state index contributed by atoms with van der Waals surface area (Å²) in [6, 6.07) is 0. The van der Waals surface area contributed by atoms with Crippen LogP contribution in [0, 0.1) is 63.1 Å². The molecule has 11 atom stereocenters. The van der Waals surface area contributed by atoms with Gasteiger partial charge in [0.05, 0.1) is 0 Å². The van der Waals surface area contributed by atoms with Crippen molar-refractivity contribution in [2.24, 2.45) is 63.1 Å². The van der Waals surface area contributed by atoms with E-state index in [4.69, 9.17) is 0 Å². The topological polar surface area (TPSA) is 0 Å². The SMILES string of the molecule is CC1C2CC3C4(C)C(C)C5(C)C(C)C4C2(C)C35C1C. The van der Waals surface area contributed by atoms with E-state index in [1.807, 2.05) is 0 Å². The van der Waals surface area contributed by atoms with Crippen molar-refractivity contribution in [1.29, 1.82) is 0 Å². The Morgan fingerprint density at radius 1 is 0.842 bits per heavy atom. The van der Waals surface area contributed by atoms with Crippen LogP contribution >= 0.6 is 0 Å². The first-order valence-corrected chi connectivity index (χ1v) is 8.72. The molecule has 0 heteroatoms. The Morgan fingerprint density at radius 2 is 1.47 bits per heavy atom. The van der Waals surface area contributed by atoms with Crippen LogP contribution in [-0.2, 0) is 0 Å². The van der Waals surface area contributed by atoms with Crippen molar-refractivity contribution in [2.75, 3.05) is 0 Å². The van der Waals surface area contributed by atoms with Crippen molar-refractivity contribution in [3.63, 3.8) is 0 Å². The Kier molecular flexibility index (Phi) is 1.51. The van der Waals surface area contributed by atoms with Crippen molar-refractivity contribution >= 4 is 0 Å². The van der Waals surface area contributed by atoms with E-state index in [2.05, 4.69) is 48.5 Å². The Morgan fingerprint density at radius 3 is 2.11 bits per heavy atom. The van der Waals surface area contributed by atoms with Crippen LogP contribution in [0.1, 0.15) is 54.9 Å². The Labute approximate surface area is 118 Å². The van der Waals surface area contributed by atoms with E-state index < -0.39 is 0 Å². The van der Waals surface area contributed by atoms with Crippen molar-refractivity contribution in [1.82, 2.24) is 0 Å². The normalized spacial score (nSPS) is 82.6. The summed E-state index contributed by atoms with van der Waals surface area (Å²) in [5.74, 6) is 6.98. The van der Waals surface area contributed by atoms with Gasteiger partial charge < -0.3 is 0 Å². The highest BCUT2D eigenvalue weighted by molar-refractivity contribution is 5.44. The summed E-state index contributed by atoms with van der Waals surface area (Å²) in [7, 11) is 0. The lowest BCUT2D eigenvalue weighted by atomic mass is 9.53. The molecule has 11 unspecified atom stereocenters. The molecule has 0 aromatic rings. The van der Waals surface area contributed by atoms with Crippen molar-refractivity contribution in [3.8, 4) is 0 Å². The quantitative estimate of drug-likeness (QED) is 0.583. The highest BCUT2D eigenvalue weighted by Crippen LogP contribution is 3.02. The molecule has 0 aromatic carbocycles. The molecule has 0 amide bonds. The lowest BCUT2D eigenvalue weighted by Gasteiger charge is -2.51. The van der Waals surface area contributed by atoms with Crippen LogP contribution in [0.4, 0.5) is 0 Å². The maximum absolute atomic E-state index is 2.74. The van der Waals surface area contributed by atoms with Crippen LogP contribution in [0.15, 0.2) is 0 Å². The molecule has 0 N–H and O–H groups in total. The third-order valence-corrected chi connectivity index (χ3v) is 11.1. The fourth-order valence-corrected chi connectivity index (χ4v) is 11.0. The summed E-state index contributed by atoms with van der Waals surface area (Å²) in [5, 5.41) is 0. The average Bonchev–Trinajstić information content (AvgIpc) is 2.93. The highest BCUT2D eigenvalue weighted by Gasteiger charge is 2.98. The largest absolute Gasteiger partial charge is 0.0619 e. The molecule has 0 nitrogen and oxygen atoms in total. The van der Waals surface area contributed by atoms with E-state index >= 15 is 0 Å². The second-order valence-electron chi connectivity index (χ2n) is 9.83. The van der Waals surface area contributed by atoms with E-state index in [1.54, 1.807) is 6.42 Å². The molecule has 0 aliphatic heterocycles. The molecule has 0 heterocycles. The van der Waals surface area contributed by atoms with Gasteiger partial charge in [-0.2, -0.15) is 0 Å². The van der Waals surface area contributed by atoms with E-state index in [1.165, 1.54) is 0 Å². The molecular formula is C19H30. The molecule has 19 heavy (non-hydrogen) atoms. The Balaban J connectivity index is 1.91. The molecule has 6 aliphatic carbocycles. The lowest BCUT2D eigenvalue weighted by Crippen LogP contribution is -2.47. The van der Waals surface area contributed by atoms with Gasteiger partial charge in [-0.05, 0) is 69.5 Å². The zero-order valence-electron chi connectivity index (χ0n) is 13.7. The number of hydrogen-bond acceptors (Lipinski definition) is 0. The van der Waals surface area contributed by atoms with E-state index in [0.29, 0.717) is 21.7 Å². The summed E-state index contributed by atoms with van der Waals surface area (Å²) in [6.45, 7) is 18.6. The fourth-order valence-electron chi connectivity index (χ4n) is 11.0. The number of hydrogen-bond donors (Lipinski definition) is 0. The molecule has 6 aliphatic rings. The smallest absolute Gasteiger partial charge is 0.0117 e. The van der Waals surface area contributed by atoms with E-state index in [0.717, 1.165) is 41.4 Å². The first kappa shape index (κ1) is 11.6. The minimum absolute atomic E-state index is 0.630. The van der Waals surface area contributed by atoms with Gasteiger partial charge >= 0.3 is 0 Å². The second kappa shape index (κ2) is 2.46. The highest BCUT2D eigenvalue weighted by atomic mass is 15.0. The molecule has 7 bridgehead atoms. The zero-order valence-corrected chi connectivity index (χ0v) is 13.7. The van der Waals surface area contributed by atoms with Crippen LogP contribution < -0.4 is 0 Å². The summed E-state index contributed by atoms with van der Waals surface area (Å²) in [6.07, 6.45) is 1.57. The minimum Gasteiger partial charge on any atom is -0.0619 e. The minimum atomic E-state index is 0.630. The summed E-state index contributed by atoms with van der Waals surface area (Å²) in [5.41, 5.74) is 2.69. The maximum atomic E-state index is 2.74. The number of rotatable bonds is 0. The van der Waals surface area contributed by atoms with Gasteiger partial charge in [-0.1, -0.05) is 48.5 Å². The standard InChI is InChI=1S/C19H30/c1-9-10(2)19-14-8-13(9)18(19,7)15-11(3)17(19,6)12(4)16(14,15)5/h9-15H,8H2,1-7H3. The molecule has 0 saturated heterocycles. The molecule has 1 spiro atoms. The van der Waals surface area contributed by atoms with Crippen molar-refractivity contribution in [3.05, 3.63) is 0 Å². The van der Waals surface area contributed by atoms with Crippen molar-refractivity contribution in [2.45, 2.75) is 54.9 Å². The van der Waals surface area contributed by atoms with E-state index in [-0.39, 0.29) is 0 Å². The Bertz CT molecular complexity index is 498. The molecule has 6 rings (SSSR count). The summed E-state index contributed by atoms with van der Waals surface area (Å²) in [4.78, 5) is 0. The predicted molar refractivity (Wildman–Crippen MR) is 78.5 cm³/mol. The summed E-state index contributed by atoms with van der Waals surface area (Å²) >= 11 is 0. The van der Waals surface area contributed by atoms with Crippen LogP contribution in [-0.4, -0.2) is 0 Å². The molecule has 6 fully saturated rings. The third kappa shape index (κ3) is 0.595. The van der Waals surface area contributed by atoms with Gasteiger partial charge in [0.2, 0.25) is 0 Å². The monoisotopic (exact) mass is 258 g/mol. The van der Waals surface area contributed by atoms with Crippen LogP contribution in [0.2, 0.25) is 0 Å². The molecular weight excluding hydrogens is 228 g/mol. The van der Waals surface area contributed by atoms with Gasteiger partial charge in [0.15, 0.2) is 0 Å². The van der Waals surface area contributed by atoms with Gasteiger partial charge in [-0.3, -0.25) is 0 Å². The van der Waals surface area contributed by atoms with Gasteiger partial charge in [0, 0.05) is 0 Å². The second-order valence-corrected chi connectivity index (χ2v) is 9.83. The Hall–Kier alpha value is 0. The molecule has 106 valence electrons. The average molecular weight is 258 g/mol. The lowest BCUT2D eigenvalue weighted by molar-refractivity contribution is -0.0421. The molecule has 6 saturated carbocycles. The van der Waals surface area contributed by atoms with Crippen molar-refractivity contribution < 1.29 is 0 Å². The van der Waals surface area contributed by atoms with Gasteiger partial charge in [-0.15, -0.1) is 0 Å². The fraction of sp³-hybridized carbons (Fsp3) is 1.00. The van der Waals surface area contributed by atoms with Crippen LogP contribution in [0.5, 0.6) is 0 Å². The predicted octanol–water partition coefficient (Wildman–Crippen LogP) is 4.84. The molecule has 0 aromatic heterocycles. The molecule has 0 radical (unpaired) electrons. The van der Waals surface area contributed by atoms with Gasteiger partial charge in [0.1, 0.15) is 0 Å². The third-order valence-electron chi connectivity index (χ3n) is 11.1. The van der Waals surface area contributed by atoms with E-state index in [9.17, 15) is 0 Å². The zero-order chi connectivity index (χ0) is 13.7. The van der Waals surface area contributed by atoms with Crippen LogP contribution in [0.3, 0.4) is 0 Å². The maximum Gasteiger partial charge on any atom is -0.0117 e. The van der Waals surface area contributed by atoms with Gasteiger partial charge in [-0.25, -0.2) is 0 Å². The first-order valence-electron chi connectivity index (χ1n) is 8.72. The van der Waals surface area contributed by atoms with Crippen LogP contribution in [0.25, 0.3) is 0 Å². The van der Waals surface area contributed by atoms with Gasteiger partial charge in [0.25, 0.3) is 0 Å². The summed E-state index contributed by atoms with van der Waals surface area (Å²) < 4.78 is 0. The first-order chi connectivity index (χ1) is 8.72.